The number of ether oxygens (including phenoxy) is 2. The van der Waals surface area contributed by atoms with Crippen LogP contribution < -0.4 is 14.8 Å². The van der Waals surface area contributed by atoms with Gasteiger partial charge in [0.25, 0.3) is 5.91 Å². The molecule has 0 aliphatic rings. The summed E-state index contributed by atoms with van der Waals surface area (Å²) in [4.78, 5) is 11.8. The standard InChI is InChI=1S/C15H11BrClF2NO3/c16-9-1-4-11(5-2-9)22-8-14(21)20-10-3-6-13(12(17)7-10)23-15(18)19/h1-7,15H,8H2,(H,20,21). The predicted molar refractivity (Wildman–Crippen MR) is 86.4 cm³/mol. The van der Waals surface area contributed by atoms with Crippen molar-refractivity contribution in [2.45, 2.75) is 6.61 Å². The van der Waals surface area contributed by atoms with E-state index in [2.05, 4.69) is 26.0 Å². The van der Waals surface area contributed by atoms with Gasteiger partial charge in [0.2, 0.25) is 0 Å². The Kier molecular flexibility index (Phi) is 6.18. The van der Waals surface area contributed by atoms with Gasteiger partial charge < -0.3 is 14.8 Å². The molecule has 0 radical (unpaired) electrons. The first-order valence-corrected chi connectivity index (χ1v) is 7.54. The Hall–Kier alpha value is -1.86. The van der Waals surface area contributed by atoms with E-state index < -0.39 is 12.5 Å². The molecule has 0 heterocycles. The van der Waals surface area contributed by atoms with E-state index in [1.54, 1.807) is 24.3 Å². The number of amides is 1. The molecule has 0 saturated carbocycles. The molecule has 23 heavy (non-hydrogen) atoms. The summed E-state index contributed by atoms with van der Waals surface area (Å²) in [6.07, 6.45) is 0. The van der Waals surface area contributed by atoms with Crippen LogP contribution in [0.3, 0.4) is 0 Å². The van der Waals surface area contributed by atoms with E-state index in [0.717, 1.165) is 4.47 Å². The Morgan fingerprint density at radius 2 is 1.91 bits per heavy atom. The Morgan fingerprint density at radius 3 is 2.52 bits per heavy atom. The molecule has 0 aliphatic carbocycles. The molecule has 0 unspecified atom stereocenters. The number of anilines is 1. The third kappa shape index (κ3) is 5.69. The normalized spacial score (nSPS) is 10.5. The van der Waals surface area contributed by atoms with Gasteiger partial charge in [-0.05, 0) is 42.5 Å². The zero-order valence-electron chi connectivity index (χ0n) is 11.6. The molecule has 4 nitrogen and oxygen atoms in total. The zero-order chi connectivity index (χ0) is 16.8. The number of hydrogen-bond acceptors (Lipinski definition) is 3. The van der Waals surface area contributed by atoms with Crippen molar-refractivity contribution in [2.75, 3.05) is 11.9 Å². The largest absolute Gasteiger partial charge is 0.484 e. The molecule has 0 fully saturated rings. The highest BCUT2D eigenvalue weighted by Crippen LogP contribution is 2.28. The molecule has 0 atom stereocenters. The highest BCUT2D eigenvalue weighted by atomic mass is 79.9. The van der Waals surface area contributed by atoms with Crippen molar-refractivity contribution in [3.05, 3.63) is 52.0 Å². The first-order chi connectivity index (χ1) is 10.9. The van der Waals surface area contributed by atoms with Gasteiger partial charge in [0.15, 0.2) is 6.61 Å². The Morgan fingerprint density at radius 1 is 1.22 bits per heavy atom. The predicted octanol–water partition coefficient (Wildman–Crippen LogP) is 4.72. The van der Waals surface area contributed by atoms with Crippen LogP contribution in [0.2, 0.25) is 5.02 Å². The lowest BCUT2D eigenvalue weighted by Gasteiger charge is -2.10. The van der Waals surface area contributed by atoms with Crippen LogP contribution in [0.5, 0.6) is 11.5 Å². The summed E-state index contributed by atoms with van der Waals surface area (Å²) in [6, 6.07) is 11.0. The number of carbonyl (C=O) groups excluding carboxylic acids is 1. The van der Waals surface area contributed by atoms with Crippen molar-refractivity contribution in [1.82, 2.24) is 0 Å². The topological polar surface area (TPSA) is 47.6 Å². The Balaban J connectivity index is 1.89. The van der Waals surface area contributed by atoms with Crippen LogP contribution in [0.1, 0.15) is 0 Å². The fourth-order valence-corrected chi connectivity index (χ4v) is 2.14. The number of nitrogens with one attached hydrogen (secondary N) is 1. The Bertz CT molecular complexity index is 683. The molecule has 2 aromatic carbocycles. The highest BCUT2D eigenvalue weighted by molar-refractivity contribution is 9.10. The molecular formula is C15H11BrClF2NO3. The number of rotatable bonds is 6. The second kappa shape index (κ2) is 8.12. The van der Waals surface area contributed by atoms with E-state index in [-0.39, 0.29) is 17.4 Å². The molecule has 0 aliphatic heterocycles. The fourth-order valence-electron chi connectivity index (χ4n) is 1.65. The molecular weight excluding hydrogens is 396 g/mol. The summed E-state index contributed by atoms with van der Waals surface area (Å²) >= 11 is 9.09. The number of halogens is 4. The molecule has 0 aromatic heterocycles. The number of hydrogen-bond donors (Lipinski definition) is 1. The average molecular weight is 407 g/mol. The third-order valence-corrected chi connectivity index (χ3v) is 3.44. The molecule has 2 aromatic rings. The summed E-state index contributed by atoms with van der Waals surface area (Å²) in [5.74, 6) is -0.0284. The minimum atomic E-state index is -2.97. The van der Waals surface area contributed by atoms with Gasteiger partial charge in [-0.3, -0.25) is 4.79 Å². The highest BCUT2D eigenvalue weighted by Gasteiger charge is 2.10. The monoisotopic (exact) mass is 405 g/mol. The fraction of sp³-hybridized carbons (Fsp3) is 0.133. The van der Waals surface area contributed by atoms with E-state index in [1.165, 1.54) is 18.2 Å². The van der Waals surface area contributed by atoms with E-state index in [9.17, 15) is 13.6 Å². The summed E-state index contributed by atoms with van der Waals surface area (Å²) in [5.41, 5.74) is 0.348. The van der Waals surface area contributed by atoms with E-state index in [4.69, 9.17) is 16.3 Å². The SMILES string of the molecule is O=C(COc1ccc(Br)cc1)Nc1ccc(OC(F)F)c(Cl)c1. The van der Waals surface area contributed by atoms with Gasteiger partial charge in [-0.2, -0.15) is 8.78 Å². The van der Waals surface area contributed by atoms with Gasteiger partial charge in [-0.15, -0.1) is 0 Å². The van der Waals surface area contributed by atoms with Crippen molar-refractivity contribution in [1.29, 1.82) is 0 Å². The van der Waals surface area contributed by atoms with Crippen molar-refractivity contribution in [2.24, 2.45) is 0 Å². The maximum absolute atomic E-state index is 12.1. The quantitative estimate of drug-likeness (QED) is 0.755. The van der Waals surface area contributed by atoms with E-state index in [1.807, 2.05) is 0 Å². The first kappa shape index (κ1) is 17.5. The molecule has 1 amide bonds. The van der Waals surface area contributed by atoms with Crippen LogP contribution in [-0.2, 0) is 4.79 Å². The van der Waals surface area contributed by atoms with Crippen LogP contribution in [0.4, 0.5) is 14.5 Å². The van der Waals surface area contributed by atoms with Gasteiger partial charge in [-0.1, -0.05) is 27.5 Å². The van der Waals surface area contributed by atoms with Crippen LogP contribution in [0.25, 0.3) is 0 Å². The van der Waals surface area contributed by atoms with Gasteiger partial charge in [0, 0.05) is 10.2 Å². The van der Waals surface area contributed by atoms with E-state index in [0.29, 0.717) is 11.4 Å². The van der Waals surface area contributed by atoms with Crippen LogP contribution in [0.15, 0.2) is 46.9 Å². The van der Waals surface area contributed by atoms with Crippen molar-refractivity contribution < 1.29 is 23.0 Å². The smallest absolute Gasteiger partial charge is 0.387 e. The molecule has 0 spiro atoms. The second-order valence-corrected chi connectivity index (χ2v) is 5.64. The lowest BCUT2D eigenvalue weighted by atomic mass is 10.3. The third-order valence-electron chi connectivity index (χ3n) is 2.62. The summed E-state index contributed by atoms with van der Waals surface area (Å²) in [7, 11) is 0. The molecule has 2 rings (SSSR count). The van der Waals surface area contributed by atoms with Gasteiger partial charge in [0.1, 0.15) is 11.5 Å². The number of alkyl halides is 2. The van der Waals surface area contributed by atoms with Crippen molar-refractivity contribution in [3.8, 4) is 11.5 Å². The van der Waals surface area contributed by atoms with Gasteiger partial charge in [0.05, 0.1) is 5.02 Å². The van der Waals surface area contributed by atoms with Crippen LogP contribution in [-0.4, -0.2) is 19.1 Å². The lowest BCUT2D eigenvalue weighted by molar-refractivity contribution is -0.118. The summed E-state index contributed by atoms with van der Waals surface area (Å²) in [6.45, 7) is -3.17. The summed E-state index contributed by atoms with van der Waals surface area (Å²) < 4.78 is 34.7. The molecule has 1 N–H and O–H groups in total. The molecule has 8 heteroatoms. The average Bonchev–Trinajstić information content (AvgIpc) is 2.49. The van der Waals surface area contributed by atoms with Crippen LogP contribution in [0, 0.1) is 0 Å². The number of benzene rings is 2. The molecule has 0 bridgehead atoms. The van der Waals surface area contributed by atoms with Crippen molar-refractivity contribution >= 4 is 39.1 Å². The minimum absolute atomic E-state index is 0.0306. The van der Waals surface area contributed by atoms with Crippen LogP contribution >= 0.6 is 27.5 Å². The second-order valence-electron chi connectivity index (χ2n) is 4.31. The number of carbonyl (C=O) groups is 1. The maximum Gasteiger partial charge on any atom is 0.387 e. The summed E-state index contributed by atoms with van der Waals surface area (Å²) in [5, 5.41) is 2.51. The molecule has 122 valence electrons. The first-order valence-electron chi connectivity index (χ1n) is 6.36. The Labute approximate surface area is 144 Å². The van der Waals surface area contributed by atoms with Gasteiger partial charge >= 0.3 is 6.61 Å². The molecule has 0 saturated heterocycles. The zero-order valence-corrected chi connectivity index (χ0v) is 13.9. The van der Waals surface area contributed by atoms with Gasteiger partial charge in [-0.25, -0.2) is 0 Å². The van der Waals surface area contributed by atoms with Crippen molar-refractivity contribution in [3.63, 3.8) is 0 Å². The maximum atomic E-state index is 12.1. The van der Waals surface area contributed by atoms with E-state index >= 15 is 0 Å². The minimum Gasteiger partial charge on any atom is -0.484 e. The lowest BCUT2D eigenvalue weighted by Crippen LogP contribution is -2.20.